The van der Waals surface area contributed by atoms with Gasteiger partial charge in [0.25, 0.3) is 5.56 Å². The van der Waals surface area contributed by atoms with Gasteiger partial charge < -0.3 is 4.98 Å². The van der Waals surface area contributed by atoms with Crippen molar-refractivity contribution in [2.75, 3.05) is 13.1 Å². The van der Waals surface area contributed by atoms with Crippen LogP contribution in [0.4, 0.5) is 4.39 Å². The van der Waals surface area contributed by atoms with E-state index in [2.05, 4.69) is 44.5 Å². The maximum absolute atomic E-state index is 13.5. The third-order valence-corrected chi connectivity index (χ3v) is 6.98. The van der Waals surface area contributed by atoms with Crippen LogP contribution in [-0.2, 0) is 6.54 Å². The average molecular weight is 461 g/mol. The predicted molar refractivity (Wildman–Crippen MR) is 129 cm³/mol. The minimum absolute atomic E-state index is 0.124. The highest BCUT2D eigenvalue weighted by molar-refractivity contribution is 5.83. The molecule has 0 aliphatic carbocycles. The van der Waals surface area contributed by atoms with Gasteiger partial charge in [-0.15, -0.1) is 5.10 Å². The molecule has 5 rings (SSSR count). The molecule has 0 bridgehead atoms. The third-order valence-electron chi connectivity index (χ3n) is 6.98. The van der Waals surface area contributed by atoms with Gasteiger partial charge in [0.15, 0.2) is 5.82 Å². The molecule has 0 amide bonds. The van der Waals surface area contributed by atoms with Crippen molar-refractivity contribution in [1.29, 1.82) is 0 Å². The molecule has 7 nitrogen and oxygen atoms in total. The lowest BCUT2D eigenvalue weighted by Crippen LogP contribution is -2.41. The van der Waals surface area contributed by atoms with Gasteiger partial charge in [-0.05, 0) is 89.9 Å². The summed E-state index contributed by atoms with van der Waals surface area (Å²) in [7, 11) is 0. The van der Waals surface area contributed by atoms with E-state index in [1.807, 2.05) is 19.9 Å². The molecule has 1 fully saturated rings. The summed E-state index contributed by atoms with van der Waals surface area (Å²) >= 11 is 0. The van der Waals surface area contributed by atoms with Crippen LogP contribution >= 0.6 is 0 Å². The van der Waals surface area contributed by atoms with Crippen LogP contribution in [0.5, 0.6) is 0 Å². The smallest absolute Gasteiger partial charge is 0.253 e. The van der Waals surface area contributed by atoms with Crippen molar-refractivity contribution in [3.8, 4) is 0 Å². The number of benzene rings is 2. The number of rotatable bonds is 5. The summed E-state index contributed by atoms with van der Waals surface area (Å²) in [6, 6.07) is 12.1. The first kappa shape index (κ1) is 22.4. The van der Waals surface area contributed by atoms with Crippen LogP contribution in [0.2, 0.25) is 0 Å². The summed E-state index contributed by atoms with van der Waals surface area (Å²) in [5.74, 6) is 0.850. The van der Waals surface area contributed by atoms with Crippen molar-refractivity contribution >= 4 is 10.9 Å². The number of pyridine rings is 1. The van der Waals surface area contributed by atoms with Crippen molar-refractivity contribution in [3.05, 3.63) is 86.7 Å². The van der Waals surface area contributed by atoms with Gasteiger partial charge in [0.2, 0.25) is 0 Å². The number of halogens is 1. The number of aromatic amines is 1. The number of hydrogen-bond acceptors (Lipinski definition) is 5. The van der Waals surface area contributed by atoms with E-state index in [-0.39, 0.29) is 17.4 Å². The van der Waals surface area contributed by atoms with E-state index in [1.54, 1.807) is 16.8 Å². The molecule has 1 saturated heterocycles. The molecule has 0 saturated carbocycles. The number of nitrogens with one attached hydrogen (secondary N) is 1. The Balaban J connectivity index is 1.63. The topological polar surface area (TPSA) is 79.7 Å². The van der Waals surface area contributed by atoms with Crippen LogP contribution in [0.15, 0.2) is 47.3 Å². The molecule has 2 aromatic carbocycles. The fraction of sp³-hybridized carbons (Fsp3) is 0.385. The fourth-order valence-corrected chi connectivity index (χ4v) is 4.99. The van der Waals surface area contributed by atoms with Crippen LogP contribution in [0, 0.1) is 25.6 Å². The molecular formula is C26H29FN6O. The monoisotopic (exact) mass is 460 g/mol. The average Bonchev–Trinajstić information content (AvgIpc) is 3.27. The minimum atomic E-state index is -0.382. The molecular weight excluding hydrogens is 431 g/mol. The molecule has 4 aromatic rings. The Labute approximate surface area is 197 Å². The number of aromatic nitrogens is 5. The number of aryl methyl sites for hydroxylation is 2. The molecule has 3 heterocycles. The summed E-state index contributed by atoms with van der Waals surface area (Å²) in [6.45, 7) is 8.43. The lowest BCUT2D eigenvalue weighted by Gasteiger charge is -2.36. The Morgan fingerprint density at radius 3 is 2.74 bits per heavy atom. The fourth-order valence-electron chi connectivity index (χ4n) is 4.99. The summed E-state index contributed by atoms with van der Waals surface area (Å²) in [5.41, 5.74) is 4.48. The number of likely N-dealkylation sites (tertiary alicyclic amines) is 1. The highest BCUT2D eigenvalue weighted by atomic mass is 19.1. The molecule has 2 aromatic heterocycles. The number of tetrazole rings is 1. The Bertz CT molecular complexity index is 1380. The maximum Gasteiger partial charge on any atom is 0.253 e. The van der Waals surface area contributed by atoms with E-state index in [4.69, 9.17) is 0 Å². The number of nitrogens with zero attached hydrogens (tertiary/aromatic N) is 5. The molecule has 2 atom stereocenters. The van der Waals surface area contributed by atoms with Crippen LogP contribution < -0.4 is 5.56 Å². The van der Waals surface area contributed by atoms with Crippen LogP contribution in [-0.4, -0.2) is 43.2 Å². The van der Waals surface area contributed by atoms with E-state index < -0.39 is 0 Å². The van der Waals surface area contributed by atoms with Crippen LogP contribution in [0.3, 0.4) is 0 Å². The zero-order valence-corrected chi connectivity index (χ0v) is 19.8. The van der Waals surface area contributed by atoms with E-state index in [1.165, 1.54) is 12.1 Å². The van der Waals surface area contributed by atoms with E-state index in [9.17, 15) is 9.18 Å². The number of H-pyrrole nitrogens is 1. The van der Waals surface area contributed by atoms with E-state index in [0.717, 1.165) is 53.5 Å². The third kappa shape index (κ3) is 4.25. The van der Waals surface area contributed by atoms with E-state index in [0.29, 0.717) is 23.9 Å². The zero-order valence-electron chi connectivity index (χ0n) is 19.8. The van der Waals surface area contributed by atoms with Crippen molar-refractivity contribution in [2.45, 2.75) is 46.2 Å². The molecule has 176 valence electrons. The predicted octanol–water partition coefficient (Wildman–Crippen LogP) is 4.14. The molecule has 0 spiro atoms. The SMILES string of the molecule is Cc1ccc2cc([C@@H](c3nnnn3Cc3ccc(F)cc3)N3CCC[C@@H](C)C3)c(=O)[nH]c2c1C. The number of piperidine rings is 1. The lowest BCUT2D eigenvalue weighted by molar-refractivity contribution is 0.141. The second-order valence-electron chi connectivity index (χ2n) is 9.49. The van der Waals surface area contributed by atoms with Gasteiger partial charge >= 0.3 is 0 Å². The maximum atomic E-state index is 13.5. The summed E-state index contributed by atoms with van der Waals surface area (Å²) in [4.78, 5) is 18.9. The largest absolute Gasteiger partial charge is 0.321 e. The standard InChI is InChI=1S/C26H29FN6O/c1-16-5-4-12-32(14-16)24(22-13-20-9-6-17(2)18(3)23(20)28-26(22)34)25-29-30-31-33(25)15-19-7-10-21(27)11-8-19/h6-11,13,16,24H,4-5,12,14-15H2,1-3H3,(H,28,34)/t16-,24+/m1/s1. The van der Waals surface area contributed by atoms with Crippen LogP contribution in [0.25, 0.3) is 10.9 Å². The number of fused-ring (bicyclic) bond motifs is 1. The van der Waals surface area contributed by atoms with Crippen molar-refractivity contribution in [3.63, 3.8) is 0 Å². The van der Waals surface area contributed by atoms with Gasteiger partial charge in [-0.1, -0.05) is 31.2 Å². The van der Waals surface area contributed by atoms with Crippen molar-refractivity contribution in [2.24, 2.45) is 5.92 Å². The molecule has 1 aliphatic heterocycles. The Kier molecular flexibility index (Phi) is 6.00. The Morgan fingerprint density at radius 2 is 1.97 bits per heavy atom. The van der Waals surface area contributed by atoms with Crippen LogP contribution in [0.1, 0.15) is 53.9 Å². The first-order valence-corrected chi connectivity index (χ1v) is 11.8. The van der Waals surface area contributed by atoms with Gasteiger partial charge in [-0.25, -0.2) is 9.07 Å². The normalized spacial score (nSPS) is 17.8. The minimum Gasteiger partial charge on any atom is -0.321 e. The number of hydrogen-bond donors (Lipinski definition) is 1. The zero-order chi connectivity index (χ0) is 23.8. The molecule has 1 N–H and O–H groups in total. The van der Waals surface area contributed by atoms with E-state index >= 15 is 0 Å². The summed E-state index contributed by atoms with van der Waals surface area (Å²) in [6.07, 6.45) is 2.22. The van der Waals surface area contributed by atoms with Gasteiger partial charge in [-0.3, -0.25) is 9.69 Å². The second kappa shape index (κ2) is 9.10. The highest BCUT2D eigenvalue weighted by Crippen LogP contribution is 2.31. The van der Waals surface area contributed by atoms with Crippen molar-refractivity contribution < 1.29 is 4.39 Å². The van der Waals surface area contributed by atoms with Gasteiger partial charge in [-0.2, -0.15) is 0 Å². The molecule has 0 unspecified atom stereocenters. The molecule has 1 aliphatic rings. The molecule has 34 heavy (non-hydrogen) atoms. The van der Waals surface area contributed by atoms with Crippen molar-refractivity contribution in [1.82, 2.24) is 30.1 Å². The Hall–Kier alpha value is -3.39. The van der Waals surface area contributed by atoms with Gasteiger partial charge in [0.1, 0.15) is 11.9 Å². The first-order chi connectivity index (χ1) is 16.4. The molecule has 0 radical (unpaired) electrons. The second-order valence-corrected chi connectivity index (χ2v) is 9.49. The van der Waals surface area contributed by atoms with Gasteiger partial charge in [0.05, 0.1) is 12.1 Å². The summed E-state index contributed by atoms with van der Waals surface area (Å²) in [5, 5.41) is 13.6. The summed E-state index contributed by atoms with van der Waals surface area (Å²) < 4.78 is 15.1. The molecule has 8 heteroatoms. The first-order valence-electron chi connectivity index (χ1n) is 11.8. The quantitative estimate of drug-likeness (QED) is 0.484. The lowest BCUT2D eigenvalue weighted by atomic mass is 9.95. The van der Waals surface area contributed by atoms with Gasteiger partial charge in [0, 0.05) is 12.1 Å². The Morgan fingerprint density at radius 1 is 1.18 bits per heavy atom. The highest BCUT2D eigenvalue weighted by Gasteiger charge is 2.33.